The lowest BCUT2D eigenvalue weighted by molar-refractivity contribution is 0.0834. The number of carbonyl (C=O) groups excluding carboxylic acids is 1. The second kappa shape index (κ2) is 5.77. The molecule has 5 heteroatoms. The van der Waals surface area contributed by atoms with Crippen LogP contribution in [-0.4, -0.2) is 23.0 Å². The van der Waals surface area contributed by atoms with E-state index in [9.17, 15) is 10.1 Å². The van der Waals surface area contributed by atoms with Crippen molar-refractivity contribution in [1.82, 2.24) is 5.01 Å². The second-order valence-corrected chi connectivity index (χ2v) is 6.49. The van der Waals surface area contributed by atoms with Crippen molar-refractivity contribution in [3.8, 4) is 6.07 Å². The van der Waals surface area contributed by atoms with Gasteiger partial charge in [0.05, 0.1) is 24.2 Å². The standard InChI is InChI=1S/C19H14ClN3O/c20-15-7-5-12(6-8-15)19(24)17-9-14(10-21)18-16-4-2-1-3-13(16)11-22-23(17)18/h1-8,11,14,17-18H,9H2/t14-,17+,18-/m1/s1. The molecular weight excluding hydrogens is 322 g/mol. The van der Waals surface area contributed by atoms with Crippen LogP contribution in [0, 0.1) is 17.2 Å². The highest BCUT2D eigenvalue weighted by molar-refractivity contribution is 6.30. The Morgan fingerprint density at radius 2 is 1.96 bits per heavy atom. The smallest absolute Gasteiger partial charge is 0.186 e. The molecule has 0 N–H and O–H groups in total. The maximum absolute atomic E-state index is 12.9. The summed E-state index contributed by atoms with van der Waals surface area (Å²) in [6, 6.07) is 16.5. The van der Waals surface area contributed by atoms with Gasteiger partial charge in [-0.05, 0) is 41.8 Å². The number of hydrazone groups is 1. The van der Waals surface area contributed by atoms with E-state index in [4.69, 9.17) is 11.6 Å². The van der Waals surface area contributed by atoms with Crippen LogP contribution in [0.4, 0.5) is 0 Å². The quantitative estimate of drug-likeness (QED) is 0.784. The van der Waals surface area contributed by atoms with E-state index < -0.39 is 6.04 Å². The normalized spacial score (nSPS) is 24.2. The van der Waals surface area contributed by atoms with Crippen molar-refractivity contribution in [3.05, 3.63) is 70.2 Å². The van der Waals surface area contributed by atoms with Crippen LogP contribution < -0.4 is 0 Å². The Labute approximate surface area is 145 Å². The van der Waals surface area contributed by atoms with Gasteiger partial charge in [0.15, 0.2) is 5.78 Å². The predicted molar refractivity (Wildman–Crippen MR) is 91.9 cm³/mol. The number of hydrogen-bond acceptors (Lipinski definition) is 4. The molecule has 4 rings (SSSR count). The van der Waals surface area contributed by atoms with Gasteiger partial charge in [0.25, 0.3) is 0 Å². The molecule has 0 radical (unpaired) electrons. The van der Waals surface area contributed by atoms with Crippen molar-refractivity contribution in [1.29, 1.82) is 5.26 Å². The molecule has 2 aromatic rings. The monoisotopic (exact) mass is 335 g/mol. The molecule has 2 aromatic carbocycles. The average molecular weight is 336 g/mol. The highest BCUT2D eigenvalue weighted by Crippen LogP contribution is 2.44. The molecule has 2 aliphatic rings. The zero-order chi connectivity index (χ0) is 16.7. The molecule has 2 heterocycles. The summed E-state index contributed by atoms with van der Waals surface area (Å²) in [6.45, 7) is 0. The molecule has 0 bridgehead atoms. The van der Waals surface area contributed by atoms with Crippen LogP contribution in [-0.2, 0) is 0 Å². The SMILES string of the molecule is N#C[C@H]1C[C@@H](C(=O)c2ccc(Cl)cc2)N2N=Cc3ccccc3[C@@H]12. The van der Waals surface area contributed by atoms with Gasteiger partial charge in [-0.3, -0.25) is 9.80 Å². The lowest BCUT2D eigenvalue weighted by Crippen LogP contribution is -2.36. The Bertz CT molecular complexity index is 869. The second-order valence-electron chi connectivity index (χ2n) is 6.06. The van der Waals surface area contributed by atoms with Crippen LogP contribution in [0.15, 0.2) is 53.6 Å². The summed E-state index contributed by atoms with van der Waals surface area (Å²) in [4.78, 5) is 12.9. The number of benzene rings is 2. The summed E-state index contributed by atoms with van der Waals surface area (Å²) < 4.78 is 0. The largest absolute Gasteiger partial charge is 0.292 e. The van der Waals surface area contributed by atoms with Gasteiger partial charge in [-0.2, -0.15) is 10.4 Å². The van der Waals surface area contributed by atoms with E-state index in [2.05, 4.69) is 11.2 Å². The van der Waals surface area contributed by atoms with Crippen LogP contribution in [0.5, 0.6) is 0 Å². The molecule has 0 aliphatic carbocycles. The lowest BCUT2D eigenvalue weighted by Gasteiger charge is -2.31. The number of rotatable bonds is 2. The Morgan fingerprint density at radius 1 is 1.21 bits per heavy atom. The summed E-state index contributed by atoms with van der Waals surface area (Å²) in [5.41, 5.74) is 2.67. The van der Waals surface area contributed by atoms with Gasteiger partial charge in [0.2, 0.25) is 0 Å². The molecule has 24 heavy (non-hydrogen) atoms. The summed E-state index contributed by atoms with van der Waals surface area (Å²) in [7, 11) is 0. The van der Waals surface area contributed by atoms with Crippen molar-refractivity contribution in [3.63, 3.8) is 0 Å². The first-order chi connectivity index (χ1) is 11.7. The topological polar surface area (TPSA) is 56.5 Å². The molecule has 4 nitrogen and oxygen atoms in total. The Kier molecular flexibility index (Phi) is 3.59. The molecule has 0 spiro atoms. The van der Waals surface area contributed by atoms with Crippen molar-refractivity contribution in [2.24, 2.45) is 11.0 Å². The fourth-order valence-corrected chi connectivity index (χ4v) is 3.68. The van der Waals surface area contributed by atoms with Crippen molar-refractivity contribution < 1.29 is 4.79 Å². The van der Waals surface area contributed by atoms with E-state index in [0.717, 1.165) is 11.1 Å². The van der Waals surface area contributed by atoms with Crippen LogP contribution in [0.3, 0.4) is 0 Å². The van der Waals surface area contributed by atoms with E-state index in [1.807, 2.05) is 24.3 Å². The van der Waals surface area contributed by atoms with Gasteiger partial charge in [0, 0.05) is 10.6 Å². The van der Waals surface area contributed by atoms with Crippen LogP contribution in [0.2, 0.25) is 5.02 Å². The Balaban J connectivity index is 1.72. The number of carbonyl (C=O) groups is 1. The van der Waals surface area contributed by atoms with E-state index in [-0.39, 0.29) is 17.7 Å². The number of ketones is 1. The van der Waals surface area contributed by atoms with E-state index in [0.29, 0.717) is 17.0 Å². The number of halogens is 1. The molecule has 1 saturated heterocycles. The first kappa shape index (κ1) is 14.9. The maximum atomic E-state index is 12.9. The first-order valence-corrected chi connectivity index (χ1v) is 8.17. The zero-order valence-corrected chi connectivity index (χ0v) is 13.5. The number of hydrogen-bond donors (Lipinski definition) is 0. The number of nitrogens with zero attached hydrogens (tertiary/aromatic N) is 3. The highest BCUT2D eigenvalue weighted by Gasteiger charge is 2.47. The zero-order valence-electron chi connectivity index (χ0n) is 12.8. The van der Waals surface area contributed by atoms with Gasteiger partial charge in [-0.25, -0.2) is 0 Å². The number of fused-ring (bicyclic) bond motifs is 3. The molecule has 0 unspecified atom stereocenters. The molecule has 0 saturated carbocycles. The van der Waals surface area contributed by atoms with Crippen LogP contribution >= 0.6 is 11.6 Å². The van der Waals surface area contributed by atoms with Gasteiger partial charge in [-0.15, -0.1) is 0 Å². The predicted octanol–water partition coefficient (Wildman–Crippen LogP) is 3.83. The van der Waals surface area contributed by atoms with Gasteiger partial charge < -0.3 is 0 Å². The van der Waals surface area contributed by atoms with E-state index in [1.165, 1.54) is 0 Å². The fraction of sp³-hybridized carbons (Fsp3) is 0.211. The highest BCUT2D eigenvalue weighted by atomic mass is 35.5. The summed E-state index contributed by atoms with van der Waals surface area (Å²) in [5, 5.41) is 16.5. The summed E-state index contributed by atoms with van der Waals surface area (Å²) >= 11 is 5.90. The first-order valence-electron chi connectivity index (χ1n) is 7.79. The third-order valence-corrected chi connectivity index (χ3v) is 4.96. The number of nitriles is 1. The molecule has 118 valence electrons. The van der Waals surface area contributed by atoms with E-state index >= 15 is 0 Å². The summed E-state index contributed by atoms with van der Waals surface area (Å²) in [6.07, 6.45) is 2.25. The molecule has 1 fully saturated rings. The van der Waals surface area contributed by atoms with Gasteiger partial charge in [-0.1, -0.05) is 35.9 Å². The minimum absolute atomic E-state index is 0.0223. The third kappa shape index (κ3) is 2.29. The van der Waals surface area contributed by atoms with Gasteiger partial charge in [0.1, 0.15) is 6.04 Å². The van der Waals surface area contributed by atoms with E-state index in [1.54, 1.807) is 35.5 Å². The van der Waals surface area contributed by atoms with Crippen molar-refractivity contribution in [2.45, 2.75) is 18.5 Å². The Hall–Kier alpha value is -2.64. The molecule has 0 aromatic heterocycles. The molecule has 2 aliphatic heterocycles. The van der Waals surface area contributed by atoms with Crippen molar-refractivity contribution in [2.75, 3.05) is 0 Å². The minimum Gasteiger partial charge on any atom is -0.292 e. The lowest BCUT2D eigenvalue weighted by atomic mass is 9.91. The van der Waals surface area contributed by atoms with Crippen LogP contribution in [0.25, 0.3) is 0 Å². The molecule has 0 amide bonds. The molecule has 3 atom stereocenters. The summed E-state index contributed by atoms with van der Waals surface area (Å²) in [5.74, 6) is -0.282. The maximum Gasteiger partial charge on any atom is 0.186 e. The average Bonchev–Trinajstić information content (AvgIpc) is 3.01. The third-order valence-electron chi connectivity index (χ3n) is 4.70. The van der Waals surface area contributed by atoms with Crippen LogP contribution in [0.1, 0.15) is 33.9 Å². The number of Topliss-reactive ketones (excluding diaryl/α,β-unsaturated/α-hetero) is 1. The fourth-order valence-electron chi connectivity index (χ4n) is 3.55. The minimum atomic E-state index is -0.426. The molecular formula is C19H14ClN3O. The van der Waals surface area contributed by atoms with Crippen molar-refractivity contribution >= 4 is 23.6 Å². The van der Waals surface area contributed by atoms with Gasteiger partial charge >= 0.3 is 0 Å². The Morgan fingerprint density at radius 3 is 2.71 bits per heavy atom.